The van der Waals surface area contributed by atoms with E-state index in [1.54, 1.807) is 31.4 Å². The third kappa shape index (κ3) is 4.04. The van der Waals surface area contributed by atoms with Gasteiger partial charge >= 0.3 is 0 Å². The Morgan fingerprint density at radius 2 is 2.14 bits per heavy atom. The molecule has 6 nitrogen and oxygen atoms in total. The summed E-state index contributed by atoms with van der Waals surface area (Å²) in [6.07, 6.45) is 0.396. The number of carbonyl (C=O) groups excluding carboxylic acids is 2. The molecule has 0 radical (unpaired) electrons. The normalized spacial score (nSPS) is 25.2. The maximum atomic E-state index is 12.1. The van der Waals surface area contributed by atoms with Crippen molar-refractivity contribution in [3.8, 4) is 0 Å². The summed E-state index contributed by atoms with van der Waals surface area (Å²) in [4.78, 5) is 24.5. The van der Waals surface area contributed by atoms with Gasteiger partial charge in [0.15, 0.2) is 9.84 Å². The number of sulfone groups is 1. The topological polar surface area (TPSA) is 92.3 Å². The summed E-state index contributed by atoms with van der Waals surface area (Å²) in [6, 6.07) is 2.71. The molecule has 0 aliphatic carbocycles. The molecule has 0 spiro atoms. The van der Waals surface area contributed by atoms with Crippen LogP contribution < -0.4 is 10.6 Å². The third-order valence-corrected chi connectivity index (χ3v) is 6.19. The number of rotatable bonds is 4. The monoisotopic (exact) mass is 330 g/mol. The fraction of sp³-hybridized carbons (Fsp3) is 0.538. The maximum absolute atomic E-state index is 12.1. The minimum Gasteiger partial charge on any atom is -0.348 e. The highest BCUT2D eigenvalue weighted by atomic mass is 32.2. The van der Waals surface area contributed by atoms with E-state index >= 15 is 0 Å². The van der Waals surface area contributed by atoms with Gasteiger partial charge in [0.25, 0.3) is 5.91 Å². The van der Waals surface area contributed by atoms with Crippen molar-refractivity contribution in [2.45, 2.75) is 31.8 Å². The van der Waals surface area contributed by atoms with Gasteiger partial charge in [0, 0.05) is 0 Å². The highest BCUT2D eigenvalue weighted by Gasteiger charge is 2.40. The van der Waals surface area contributed by atoms with Gasteiger partial charge in [-0.1, -0.05) is 6.07 Å². The van der Waals surface area contributed by atoms with Gasteiger partial charge in [0.1, 0.15) is 6.04 Å². The molecule has 2 rings (SSSR count). The van der Waals surface area contributed by atoms with Crippen molar-refractivity contribution in [2.24, 2.45) is 0 Å². The van der Waals surface area contributed by atoms with E-state index < -0.39 is 21.4 Å². The smallest absolute Gasteiger partial charge is 0.261 e. The van der Waals surface area contributed by atoms with E-state index in [-0.39, 0.29) is 23.3 Å². The molecule has 2 heterocycles. The first-order valence-corrected chi connectivity index (χ1v) is 9.28. The molecule has 2 unspecified atom stereocenters. The van der Waals surface area contributed by atoms with Crippen molar-refractivity contribution in [3.63, 3.8) is 0 Å². The first-order valence-electron chi connectivity index (χ1n) is 6.58. The van der Waals surface area contributed by atoms with Crippen molar-refractivity contribution in [1.82, 2.24) is 10.6 Å². The predicted molar refractivity (Wildman–Crippen MR) is 81.1 cm³/mol. The molecule has 1 aromatic rings. The summed E-state index contributed by atoms with van der Waals surface area (Å²) in [6.45, 7) is 3.29. The van der Waals surface area contributed by atoms with Crippen LogP contribution in [0.15, 0.2) is 17.5 Å². The Morgan fingerprint density at radius 3 is 2.67 bits per heavy atom. The second-order valence-corrected chi connectivity index (χ2v) is 8.70. The van der Waals surface area contributed by atoms with Crippen LogP contribution in [0.5, 0.6) is 0 Å². The van der Waals surface area contributed by atoms with Crippen LogP contribution in [0.25, 0.3) is 0 Å². The molecular weight excluding hydrogens is 312 g/mol. The van der Waals surface area contributed by atoms with E-state index in [1.807, 2.05) is 0 Å². The number of carbonyl (C=O) groups is 2. The number of hydrogen-bond acceptors (Lipinski definition) is 5. The van der Waals surface area contributed by atoms with Crippen molar-refractivity contribution in [2.75, 3.05) is 11.5 Å². The molecule has 116 valence electrons. The third-order valence-electron chi connectivity index (χ3n) is 3.41. The van der Waals surface area contributed by atoms with Crippen molar-refractivity contribution >= 4 is 33.0 Å². The first-order chi connectivity index (χ1) is 9.71. The van der Waals surface area contributed by atoms with Crippen LogP contribution in [0.1, 0.15) is 29.9 Å². The van der Waals surface area contributed by atoms with Crippen molar-refractivity contribution < 1.29 is 18.0 Å². The predicted octanol–water partition coefficient (Wildman–Crippen LogP) is 0.560. The van der Waals surface area contributed by atoms with Crippen LogP contribution in [0.3, 0.4) is 0 Å². The molecule has 2 amide bonds. The van der Waals surface area contributed by atoms with Crippen molar-refractivity contribution in [1.29, 1.82) is 0 Å². The molecule has 2 atom stereocenters. The molecule has 0 aromatic carbocycles. The summed E-state index contributed by atoms with van der Waals surface area (Å²) in [5, 5.41) is 7.12. The second kappa shape index (κ2) is 5.76. The molecule has 1 fully saturated rings. The summed E-state index contributed by atoms with van der Waals surface area (Å²) in [5.41, 5.74) is -0.752. The summed E-state index contributed by atoms with van der Waals surface area (Å²) in [5.74, 6) is -0.659. The molecular formula is C13H18N2O4S2. The van der Waals surface area contributed by atoms with E-state index in [4.69, 9.17) is 0 Å². The molecule has 1 saturated heterocycles. The molecule has 0 bridgehead atoms. The van der Waals surface area contributed by atoms with Gasteiger partial charge in [-0.2, -0.15) is 0 Å². The number of amides is 2. The minimum atomic E-state index is -3.08. The lowest BCUT2D eigenvalue weighted by atomic mass is 10.0. The molecule has 1 aliphatic rings. The van der Waals surface area contributed by atoms with Crippen LogP contribution in [-0.2, 0) is 14.6 Å². The van der Waals surface area contributed by atoms with Crippen LogP contribution >= 0.6 is 11.3 Å². The molecule has 8 heteroatoms. The Hall–Kier alpha value is -1.41. The average molecular weight is 330 g/mol. The van der Waals surface area contributed by atoms with Crippen LogP contribution in [0, 0.1) is 0 Å². The second-order valence-electron chi connectivity index (χ2n) is 5.56. The van der Waals surface area contributed by atoms with Gasteiger partial charge in [-0.05, 0) is 31.7 Å². The fourth-order valence-corrected chi connectivity index (χ4v) is 4.98. The van der Waals surface area contributed by atoms with E-state index in [0.29, 0.717) is 11.3 Å². The molecule has 2 N–H and O–H groups in total. The number of nitrogens with one attached hydrogen (secondary N) is 2. The molecule has 1 aromatic heterocycles. The quantitative estimate of drug-likeness (QED) is 0.844. The maximum Gasteiger partial charge on any atom is 0.261 e. The standard InChI is InChI=1S/C13H18N2O4S2/c1-9(14-12(17)10-4-3-6-20-10)11(16)15-13(2)5-7-21(18,19)8-13/h3-4,6,9H,5,7-8H2,1-2H3,(H,14,17)(H,15,16). The van der Waals surface area contributed by atoms with Crippen LogP contribution in [-0.4, -0.2) is 43.3 Å². The van der Waals surface area contributed by atoms with Gasteiger partial charge in [-0.15, -0.1) is 11.3 Å². The summed E-state index contributed by atoms with van der Waals surface area (Å²) < 4.78 is 23.0. The molecule has 21 heavy (non-hydrogen) atoms. The Labute approximate surface area is 127 Å². The first kappa shape index (κ1) is 16.0. The Morgan fingerprint density at radius 1 is 1.43 bits per heavy atom. The molecule has 1 aliphatic heterocycles. The average Bonchev–Trinajstić information content (AvgIpc) is 2.97. The molecule has 0 saturated carbocycles. The van der Waals surface area contributed by atoms with Gasteiger partial charge < -0.3 is 10.6 Å². The van der Waals surface area contributed by atoms with Crippen LogP contribution in [0.2, 0.25) is 0 Å². The summed E-state index contributed by atoms with van der Waals surface area (Å²) in [7, 11) is -3.08. The van der Waals surface area contributed by atoms with E-state index in [2.05, 4.69) is 10.6 Å². The van der Waals surface area contributed by atoms with Gasteiger partial charge in [-0.3, -0.25) is 9.59 Å². The number of hydrogen-bond donors (Lipinski definition) is 2. The Balaban J connectivity index is 1.93. The SMILES string of the molecule is CC(NC(=O)c1cccs1)C(=O)NC1(C)CCS(=O)(=O)C1. The van der Waals surface area contributed by atoms with E-state index in [1.165, 1.54) is 11.3 Å². The number of thiophene rings is 1. The van der Waals surface area contributed by atoms with Crippen LogP contribution in [0.4, 0.5) is 0 Å². The van der Waals surface area contributed by atoms with Gasteiger partial charge in [0.2, 0.25) is 5.91 Å². The Bertz CT molecular complexity index is 639. The largest absolute Gasteiger partial charge is 0.348 e. The summed E-state index contributed by atoms with van der Waals surface area (Å²) >= 11 is 1.29. The van der Waals surface area contributed by atoms with Gasteiger partial charge in [-0.25, -0.2) is 8.42 Å². The Kier molecular flexibility index (Phi) is 4.38. The lowest BCUT2D eigenvalue weighted by Crippen LogP contribution is -2.53. The van der Waals surface area contributed by atoms with Gasteiger partial charge in [0.05, 0.1) is 21.9 Å². The highest BCUT2D eigenvalue weighted by Crippen LogP contribution is 2.22. The minimum absolute atomic E-state index is 0.0582. The fourth-order valence-electron chi connectivity index (χ4n) is 2.26. The van der Waals surface area contributed by atoms with E-state index in [0.717, 1.165) is 0 Å². The lowest BCUT2D eigenvalue weighted by Gasteiger charge is -2.26. The van der Waals surface area contributed by atoms with Crippen molar-refractivity contribution in [3.05, 3.63) is 22.4 Å². The zero-order chi connectivity index (χ0) is 15.7. The van der Waals surface area contributed by atoms with E-state index in [9.17, 15) is 18.0 Å². The zero-order valence-electron chi connectivity index (χ0n) is 11.9. The highest BCUT2D eigenvalue weighted by molar-refractivity contribution is 7.91. The zero-order valence-corrected chi connectivity index (χ0v) is 13.5. The lowest BCUT2D eigenvalue weighted by molar-refractivity contribution is -0.124.